The van der Waals surface area contributed by atoms with Crippen molar-refractivity contribution in [3.8, 4) is 11.5 Å². The van der Waals surface area contributed by atoms with Crippen LogP contribution < -0.4 is 5.32 Å². The van der Waals surface area contributed by atoms with Gasteiger partial charge in [-0.05, 0) is 36.4 Å². The number of hydrogen-bond donors (Lipinski definition) is 1. The molecule has 1 amide bonds. The fourth-order valence-corrected chi connectivity index (χ4v) is 2.47. The van der Waals surface area contributed by atoms with Gasteiger partial charge in [0.2, 0.25) is 11.8 Å². The topological polar surface area (TPSA) is 55.1 Å². The van der Waals surface area contributed by atoms with E-state index >= 15 is 0 Å². The number of carbonyl (C=O) groups excluding carboxylic acids is 1. The second kappa shape index (κ2) is 6.11. The molecule has 0 saturated heterocycles. The number of carbonyl (C=O) groups is 1. The zero-order chi connectivity index (χ0) is 17.5. The molecular weight excluding hydrogens is 347 g/mol. The van der Waals surface area contributed by atoms with Gasteiger partial charge >= 0.3 is 0 Å². The van der Waals surface area contributed by atoms with Crippen LogP contribution in [0.3, 0.4) is 0 Å². The van der Waals surface area contributed by atoms with E-state index in [0.717, 1.165) is 0 Å². The predicted octanol–water partition coefficient (Wildman–Crippen LogP) is 5.79. The van der Waals surface area contributed by atoms with Crippen LogP contribution in [0.5, 0.6) is 0 Å². The third-order valence-corrected chi connectivity index (χ3v) is 4.05. The fraction of sp³-hybridized carbons (Fsp3) is 0.222. The monoisotopic (exact) mass is 362 g/mol. The smallest absolute Gasteiger partial charge is 0.229 e. The number of nitrogens with one attached hydrogen (secondary N) is 1. The summed E-state index contributed by atoms with van der Waals surface area (Å²) in [7, 11) is 0. The molecule has 24 heavy (non-hydrogen) atoms. The number of amides is 1. The zero-order valence-electron chi connectivity index (χ0n) is 13.5. The predicted molar refractivity (Wildman–Crippen MR) is 97.5 cm³/mol. The summed E-state index contributed by atoms with van der Waals surface area (Å²) in [6.45, 7) is 5.57. The quantitative estimate of drug-likeness (QED) is 0.627. The molecule has 0 spiro atoms. The summed E-state index contributed by atoms with van der Waals surface area (Å²) in [6.07, 6.45) is 0. The number of fused-ring (bicyclic) bond motifs is 1. The average Bonchev–Trinajstić information content (AvgIpc) is 2.91. The largest absolute Gasteiger partial charge is 0.436 e. The molecular formula is C18H16Cl2N2O2. The number of benzene rings is 2. The zero-order valence-corrected chi connectivity index (χ0v) is 15.0. The highest BCUT2D eigenvalue weighted by Crippen LogP contribution is 2.33. The van der Waals surface area contributed by atoms with E-state index in [9.17, 15) is 4.79 Å². The minimum absolute atomic E-state index is 0.0662. The highest BCUT2D eigenvalue weighted by Gasteiger charge is 2.21. The van der Waals surface area contributed by atoms with Gasteiger partial charge in [-0.25, -0.2) is 4.98 Å². The molecule has 0 aliphatic rings. The van der Waals surface area contributed by atoms with Crippen LogP contribution in [0.2, 0.25) is 10.0 Å². The Labute approximate surface area is 149 Å². The SMILES string of the molecule is CC(C)(C)C(=O)Nc1ccc2oc(-c3cc(Cl)ccc3Cl)nc2c1. The van der Waals surface area contributed by atoms with Crippen molar-refractivity contribution in [2.45, 2.75) is 20.8 Å². The number of oxazole rings is 1. The van der Waals surface area contributed by atoms with E-state index in [0.29, 0.717) is 38.3 Å². The Morgan fingerprint density at radius 3 is 2.58 bits per heavy atom. The molecule has 3 aromatic rings. The second-order valence-electron chi connectivity index (χ2n) is 6.53. The van der Waals surface area contributed by atoms with Crippen LogP contribution >= 0.6 is 23.2 Å². The number of nitrogens with zero attached hydrogens (tertiary/aromatic N) is 1. The summed E-state index contributed by atoms with van der Waals surface area (Å²) in [5.41, 5.74) is 2.06. The van der Waals surface area contributed by atoms with Crippen molar-refractivity contribution in [1.29, 1.82) is 0 Å². The molecule has 0 fully saturated rings. The van der Waals surface area contributed by atoms with Crippen LogP contribution in [0.25, 0.3) is 22.6 Å². The van der Waals surface area contributed by atoms with Crippen LogP contribution in [0.1, 0.15) is 20.8 Å². The van der Waals surface area contributed by atoms with Crippen LogP contribution in [-0.2, 0) is 4.79 Å². The van der Waals surface area contributed by atoms with E-state index in [4.69, 9.17) is 27.6 Å². The van der Waals surface area contributed by atoms with E-state index < -0.39 is 5.41 Å². The third-order valence-electron chi connectivity index (χ3n) is 3.49. The molecule has 0 aliphatic heterocycles. The molecule has 0 aliphatic carbocycles. The van der Waals surface area contributed by atoms with Crippen molar-refractivity contribution in [1.82, 2.24) is 4.98 Å². The van der Waals surface area contributed by atoms with E-state index in [1.807, 2.05) is 20.8 Å². The lowest BCUT2D eigenvalue weighted by Crippen LogP contribution is -2.27. The van der Waals surface area contributed by atoms with Gasteiger partial charge in [-0.1, -0.05) is 44.0 Å². The minimum atomic E-state index is -0.474. The van der Waals surface area contributed by atoms with Crippen molar-refractivity contribution in [2.24, 2.45) is 5.41 Å². The van der Waals surface area contributed by atoms with Gasteiger partial charge < -0.3 is 9.73 Å². The lowest BCUT2D eigenvalue weighted by Gasteiger charge is -2.17. The summed E-state index contributed by atoms with van der Waals surface area (Å²) in [5.74, 6) is 0.320. The number of anilines is 1. The molecule has 0 radical (unpaired) electrons. The standard InChI is InChI=1S/C18H16Cl2N2O2/c1-18(2,3)17(23)21-11-5-7-15-14(9-11)22-16(24-15)12-8-10(19)4-6-13(12)20/h4-9H,1-3H3,(H,21,23). The number of halogens is 2. The number of aromatic nitrogens is 1. The first kappa shape index (κ1) is 16.8. The molecule has 4 nitrogen and oxygen atoms in total. The van der Waals surface area contributed by atoms with E-state index in [2.05, 4.69) is 10.3 Å². The molecule has 0 bridgehead atoms. The maximum atomic E-state index is 12.1. The maximum Gasteiger partial charge on any atom is 0.229 e. The molecule has 2 aromatic carbocycles. The van der Waals surface area contributed by atoms with Crippen molar-refractivity contribution >= 4 is 45.9 Å². The average molecular weight is 363 g/mol. The maximum absolute atomic E-state index is 12.1. The summed E-state index contributed by atoms with van der Waals surface area (Å²) in [4.78, 5) is 16.5. The molecule has 0 unspecified atom stereocenters. The van der Waals surface area contributed by atoms with Crippen molar-refractivity contribution in [2.75, 3.05) is 5.32 Å². The number of hydrogen-bond acceptors (Lipinski definition) is 3. The van der Waals surface area contributed by atoms with Gasteiger partial charge in [0.1, 0.15) is 5.52 Å². The Morgan fingerprint density at radius 1 is 1.12 bits per heavy atom. The first-order chi connectivity index (χ1) is 11.2. The van der Waals surface area contributed by atoms with Crippen molar-refractivity contribution in [3.05, 3.63) is 46.4 Å². The Hall–Kier alpha value is -2.04. The highest BCUT2D eigenvalue weighted by molar-refractivity contribution is 6.35. The Balaban J connectivity index is 1.97. The molecule has 6 heteroatoms. The van der Waals surface area contributed by atoms with E-state index in [1.54, 1.807) is 36.4 Å². The number of rotatable bonds is 2. The van der Waals surface area contributed by atoms with Crippen LogP contribution in [-0.4, -0.2) is 10.9 Å². The van der Waals surface area contributed by atoms with Gasteiger partial charge in [0, 0.05) is 16.1 Å². The Bertz CT molecular complexity index is 926. The van der Waals surface area contributed by atoms with Gasteiger partial charge in [0.15, 0.2) is 5.58 Å². The van der Waals surface area contributed by atoms with Gasteiger partial charge in [-0.2, -0.15) is 0 Å². The van der Waals surface area contributed by atoms with Gasteiger partial charge in [-0.3, -0.25) is 4.79 Å². The lowest BCUT2D eigenvalue weighted by atomic mass is 9.95. The summed E-state index contributed by atoms with van der Waals surface area (Å²) < 4.78 is 5.75. The first-order valence-corrected chi connectivity index (χ1v) is 8.17. The molecule has 124 valence electrons. The van der Waals surface area contributed by atoms with E-state index in [1.165, 1.54) is 0 Å². The second-order valence-corrected chi connectivity index (χ2v) is 7.37. The third kappa shape index (κ3) is 3.40. The van der Waals surface area contributed by atoms with Gasteiger partial charge in [-0.15, -0.1) is 0 Å². The van der Waals surface area contributed by atoms with Gasteiger partial charge in [0.05, 0.1) is 10.6 Å². The molecule has 1 aromatic heterocycles. The van der Waals surface area contributed by atoms with Crippen molar-refractivity contribution < 1.29 is 9.21 Å². The Kier molecular flexibility index (Phi) is 4.28. The molecule has 0 saturated carbocycles. The Morgan fingerprint density at radius 2 is 1.88 bits per heavy atom. The molecule has 0 atom stereocenters. The lowest BCUT2D eigenvalue weighted by molar-refractivity contribution is -0.123. The molecule has 3 rings (SSSR count). The minimum Gasteiger partial charge on any atom is -0.436 e. The fourth-order valence-electron chi connectivity index (χ4n) is 2.10. The summed E-state index contributed by atoms with van der Waals surface area (Å²) in [5, 5.41) is 3.93. The molecule has 1 heterocycles. The van der Waals surface area contributed by atoms with Gasteiger partial charge in [0.25, 0.3) is 0 Å². The normalized spacial score (nSPS) is 11.7. The van der Waals surface area contributed by atoms with Crippen molar-refractivity contribution in [3.63, 3.8) is 0 Å². The highest BCUT2D eigenvalue weighted by atomic mass is 35.5. The van der Waals surface area contributed by atoms with Crippen LogP contribution in [0.4, 0.5) is 5.69 Å². The summed E-state index contributed by atoms with van der Waals surface area (Å²) in [6, 6.07) is 10.4. The summed E-state index contributed by atoms with van der Waals surface area (Å²) >= 11 is 12.2. The molecule has 1 N–H and O–H groups in total. The van der Waals surface area contributed by atoms with E-state index in [-0.39, 0.29) is 5.91 Å². The van der Waals surface area contributed by atoms with Crippen LogP contribution in [0.15, 0.2) is 40.8 Å². The van der Waals surface area contributed by atoms with Crippen LogP contribution in [0, 0.1) is 5.41 Å². The first-order valence-electron chi connectivity index (χ1n) is 7.41.